The summed E-state index contributed by atoms with van der Waals surface area (Å²) in [6.07, 6.45) is 3.48. The third-order valence-electron chi connectivity index (χ3n) is 12.6. The van der Waals surface area contributed by atoms with Gasteiger partial charge in [-0.2, -0.15) is 10.1 Å². The van der Waals surface area contributed by atoms with Crippen LogP contribution in [0.15, 0.2) is 30.3 Å². The summed E-state index contributed by atoms with van der Waals surface area (Å²) in [5.74, 6) is -0.512. The second kappa shape index (κ2) is 16.1. The molecule has 1 aromatic carbocycles. The Bertz CT molecular complexity index is 2330. The molecular formula is C40H50FN15O4. The van der Waals surface area contributed by atoms with Crippen molar-refractivity contribution in [1.82, 2.24) is 50.0 Å². The van der Waals surface area contributed by atoms with Gasteiger partial charge < -0.3 is 35.6 Å². The van der Waals surface area contributed by atoms with E-state index in [4.69, 9.17) is 10.7 Å². The number of hydrogen-bond donors (Lipinski definition) is 3. The van der Waals surface area contributed by atoms with Crippen LogP contribution in [0.4, 0.5) is 38.1 Å². The highest BCUT2D eigenvalue weighted by molar-refractivity contribution is 6.02. The minimum Gasteiger partial charge on any atom is -0.367 e. The van der Waals surface area contributed by atoms with Crippen molar-refractivity contribution in [3.05, 3.63) is 47.5 Å². The van der Waals surface area contributed by atoms with Crippen molar-refractivity contribution >= 4 is 63.7 Å². The highest BCUT2D eigenvalue weighted by Crippen LogP contribution is 2.33. The lowest BCUT2D eigenvalue weighted by Crippen LogP contribution is -2.49. The van der Waals surface area contributed by atoms with E-state index in [0.717, 1.165) is 63.2 Å². The van der Waals surface area contributed by atoms with Crippen molar-refractivity contribution in [3.63, 3.8) is 0 Å². The van der Waals surface area contributed by atoms with Gasteiger partial charge in [0.05, 0.1) is 23.3 Å². The zero-order valence-electron chi connectivity index (χ0n) is 33.9. The molecule has 5 aliphatic heterocycles. The fraction of sp³-hybridized carbons (Fsp3) is 0.525. The van der Waals surface area contributed by atoms with E-state index < -0.39 is 17.6 Å². The van der Waals surface area contributed by atoms with Gasteiger partial charge >= 0.3 is 6.03 Å². The molecule has 3 unspecified atom stereocenters. The summed E-state index contributed by atoms with van der Waals surface area (Å²) in [7, 11) is 3.63. The maximum absolute atomic E-state index is 15.8. The van der Waals surface area contributed by atoms with E-state index in [9.17, 15) is 19.2 Å². The Kier molecular flexibility index (Phi) is 10.6. The molecule has 0 bridgehead atoms. The van der Waals surface area contributed by atoms with Crippen LogP contribution in [0.25, 0.3) is 11.0 Å². The number of hydrogen-bond acceptors (Lipinski definition) is 14. The molecule has 4 aromatic rings. The van der Waals surface area contributed by atoms with Crippen LogP contribution in [0.2, 0.25) is 0 Å². The number of nitrogens with one attached hydrogen (secondary N) is 2. The van der Waals surface area contributed by atoms with Crippen LogP contribution >= 0.6 is 0 Å². The van der Waals surface area contributed by atoms with Crippen molar-refractivity contribution in [2.24, 2.45) is 18.7 Å². The maximum atomic E-state index is 15.8. The minimum atomic E-state index is -0.809. The number of urea groups is 1. The van der Waals surface area contributed by atoms with E-state index in [2.05, 4.69) is 45.6 Å². The van der Waals surface area contributed by atoms with Crippen LogP contribution in [-0.4, -0.2) is 153 Å². The van der Waals surface area contributed by atoms with Gasteiger partial charge in [-0.1, -0.05) is 0 Å². The molecule has 316 valence electrons. The minimum absolute atomic E-state index is 0.00644. The Labute approximate surface area is 346 Å². The fourth-order valence-electron chi connectivity index (χ4n) is 9.34. The molecule has 5 amide bonds. The lowest BCUT2D eigenvalue weighted by Gasteiger charge is -2.37. The summed E-state index contributed by atoms with van der Waals surface area (Å²) in [5.41, 5.74) is 7.75. The summed E-state index contributed by atoms with van der Waals surface area (Å²) < 4.78 is 17.5. The summed E-state index contributed by atoms with van der Waals surface area (Å²) >= 11 is 0. The maximum Gasteiger partial charge on any atom is 0.320 e. The number of aryl methyl sites for hydroxylation is 1. The molecule has 20 heteroatoms. The van der Waals surface area contributed by atoms with Gasteiger partial charge in [-0.15, -0.1) is 10.2 Å². The number of imide groups is 1. The van der Waals surface area contributed by atoms with Crippen molar-refractivity contribution in [3.8, 4) is 0 Å². The third kappa shape index (κ3) is 7.70. The highest BCUT2D eigenvalue weighted by Gasteiger charge is 2.36. The van der Waals surface area contributed by atoms with E-state index >= 15 is 4.39 Å². The van der Waals surface area contributed by atoms with Crippen molar-refractivity contribution in [2.45, 2.75) is 44.1 Å². The number of piperazine rings is 1. The van der Waals surface area contributed by atoms with Gasteiger partial charge in [0.1, 0.15) is 11.6 Å². The molecule has 0 radical (unpaired) electrons. The van der Waals surface area contributed by atoms with E-state index in [1.54, 1.807) is 28.8 Å². The topological polar surface area (TPSA) is 207 Å². The molecule has 5 saturated heterocycles. The Morgan fingerprint density at radius 1 is 0.900 bits per heavy atom. The zero-order chi connectivity index (χ0) is 41.7. The second-order valence-corrected chi connectivity index (χ2v) is 16.5. The number of halogens is 1. The number of primary amides is 1. The number of likely N-dealkylation sites (N-methyl/N-ethyl adjacent to an activating group) is 1. The molecule has 19 nitrogen and oxygen atoms in total. The predicted molar refractivity (Wildman–Crippen MR) is 221 cm³/mol. The first kappa shape index (κ1) is 39.3. The predicted octanol–water partition coefficient (Wildman–Crippen LogP) is 1.64. The normalized spacial score (nSPS) is 22.9. The number of carbonyl (C=O) groups is 4. The van der Waals surface area contributed by atoms with E-state index in [1.165, 1.54) is 6.07 Å². The molecule has 60 heavy (non-hydrogen) atoms. The number of anilines is 5. The van der Waals surface area contributed by atoms with Gasteiger partial charge in [-0.25, -0.2) is 14.2 Å². The molecule has 3 aromatic heterocycles. The summed E-state index contributed by atoms with van der Waals surface area (Å²) in [6, 6.07) is 8.89. The van der Waals surface area contributed by atoms with E-state index in [-0.39, 0.29) is 35.4 Å². The number of amides is 5. The van der Waals surface area contributed by atoms with Crippen molar-refractivity contribution in [1.29, 1.82) is 0 Å². The summed E-state index contributed by atoms with van der Waals surface area (Å²) in [5, 5.41) is 19.3. The first-order valence-electron chi connectivity index (χ1n) is 20.8. The van der Waals surface area contributed by atoms with Crippen molar-refractivity contribution in [2.75, 3.05) is 99.1 Å². The molecule has 4 N–H and O–H groups in total. The number of pyridine rings is 1. The summed E-state index contributed by atoms with van der Waals surface area (Å²) in [6.45, 7) is 8.20. The van der Waals surface area contributed by atoms with E-state index in [0.29, 0.717) is 86.7 Å². The number of nitrogens with two attached hydrogens (primary N) is 1. The molecule has 8 heterocycles. The van der Waals surface area contributed by atoms with Crippen molar-refractivity contribution < 1.29 is 23.6 Å². The Morgan fingerprint density at radius 2 is 1.73 bits per heavy atom. The largest absolute Gasteiger partial charge is 0.367 e. The smallest absolute Gasteiger partial charge is 0.320 e. The van der Waals surface area contributed by atoms with Gasteiger partial charge in [0.2, 0.25) is 17.8 Å². The number of aromatic nitrogens is 6. The quantitative estimate of drug-likeness (QED) is 0.195. The first-order chi connectivity index (χ1) is 29.0. The number of fused-ring (bicyclic) bond motifs is 1. The van der Waals surface area contributed by atoms with Crippen LogP contribution in [0, 0.1) is 11.7 Å². The zero-order valence-corrected chi connectivity index (χ0v) is 33.9. The molecule has 0 aliphatic carbocycles. The highest BCUT2D eigenvalue weighted by atomic mass is 19.1. The van der Waals surface area contributed by atoms with Crippen LogP contribution in [0.1, 0.15) is 54.2 Å². The third-order valence-corrected chi connectivity index (χ3v) is 12.6. The molecule has 0 saturated carbocycles. The number of carbonyl (C=O) groups excluding carboxylic acids is 4. The average molecular weight is 824 g/mol. The number of piperidine rings is 2. The van der Waals surface area contributed by atoms with Crippen LogP contribution in [-0.2, 0) is 16.6 Å². The van der Waals surface area contributed by atoms with Gasteiger partial charge in [0.15, 0.2) is 17.2 Å². The first-order valence-corrected chi connectivity index (χ1v) is 20.8. The molecule has 0 spiro atoms. The van der Waals surface area contributed by atoms with Crippen LogP contribution < -0.4 is 31.1 Å². The standard InChI is InChI=1S/C40H50FN15O4/c1-50-14-19-56(40(50)60)26-4-3-12-55(23-26)39-46-36(34(35(42)58)47-48-39)43-25-5-8-30(29(41)20-25)53-17-15-52(16-18-53)21-24-11-13-54(22-24)31-9-6-27-33(49-51(2)37(27)44-31)28-7-10-32(57)45-38(28)59/h5-6,8-9,20,24,26,28H,3-4,7,10-19,21-23H2,1-2H3,(H2,42,58)(H,43,46,48)(H,45,57,59). The van der Waals surface area contributed by atoms with Gasteiger partial charge in [-0.3, -0.25) is 29.3 Å². The monoisotopic (exact) mass is 823 g/mol. The van der Waals surface area contributed by atoms with Gasteiger partial charge in [0, 0.05) is 104 Å². The Morgan fingerprint density at radius 3 is 2.48 bits per heavy atom. The molecule has 9 rings (SSSR count). The molecule has 5 aliphatic rings. The van der Waals surface area contributed by atoms with Gasteiger partial charge in [0.25, 0.3) is 5.91 Å². The number of benzene rings is 1. The Balaban J connectivity index is 0.793. The average Bonchev–Trinajstić information content (AvgIpc) is 3.94. The van der Waals surface area contributed by atoms with Gasteiger partial charge in [-0.05, 0) is 61.9 Å². The van der Waals surface area contributed by atoms with Crippen LogP contribution in [0.5, 0.6) is 0 Å². The molecule has 3 atom stereocenters. The number of nitrogens with zero attached hydrogens (tertiary/aromatic N) is 12. The lowest BCUT2D eigenvalue weighted by molar-refractivity contribution is -0.134. The SMILES string of the molecule is CN1CCN(C2CCCN(c3nnc(C(N)=O)c(Nc4ccc(N5CCN(CC6CCN(c7ccc8c(C9CCC(=O)NC9=O)nn(C)c8n7)C6)CC5)c(F)c4)n3)C2)C1=O. The number of rotatable bonds is 10. The lowest BCUT2D eigenvalue weighted by atomic mass is 9.93. The fourth-order valence-corrected chi connectivity index (χ4v) is 9.34. The van der Waals surface area contributed by atoms with E-state index in [1.807, 2.05) is 29.0 Å². The van der Waals surface area contributed by atoms with Crippen LogP contribution in [0.3, 0.4) is 0 Å². The summed E-state index contributed by atoms with van der Waals surface area (Å²) in [4.78, 5) is 71.2. The second-order valence-electron chi connectivity index (χ2n) is 16.5. The Hall–Kier alpha value is -6.18. The molecular weight excluding hydrogens is 774 g/mol. The molecule has 5 fully saturated rings.